The zero-order valence-corrected chi connectivity index (χ0v) is 28.0. The molecule has 1 N–H and O–H groups in total. The number of hydrogen-bond donors (Lipinski definition) is 1. The van der Waals surface area contributed by atoms with Crippen molar-refractivity contribution < 1.29 is 33.6 Å². The Hall–Kier alpha value is -1.16. The number of ether oxygens (including phenoxy) is 5. The maximum absolute atomic E-state index is 12.9. The summed E-state index contributed by atoms with van der Waals surface area (Å²) in [6, 6.07) is 3.66. The molecular weight excluding hydrogens is 552 g/mol. The first-order chi connectivity index (χ1) is 20.4. The number of carbonyl (C=O) groups excluding carboxylic acids is 1. The van der Waals surface area contributed by atoms with Crippen molar-refractivity contribution in [1.82, 2.24) is 0 Å². The molecule has 1 aromatic carbocycles. The lowest BCUT2D eigenvalue weighted by molar-refractivity contribution is -0.190. The fourth-order valence-electron chi connectivity index (χ4n) is 4.99. The minimum absolute atomic E-state index is 0.217. The number of hydrogen-bond acceptors (Lipinski definition) is 8. The minimum Gasteiger partial charge on any atom is -0.493 e. The van der Waals surface area contributed by atoms with Crippen molar-refractivity contribution in [1.29, 1.82) is 0 Å². The largest absolute Gasteiger partial charge is 0.493 e. The first kappa shape index (κ1) is 37.0. The van der Waals surface area contributed by atoms with Crippen LogP contribution in [0, 0.1) is 6.92 Å². The highest BCUT2D eigenvalue weighted by Gasteiger charge is 2.57. The molecule has 1 aliphatic rings. The Morgan fingerprint density at radius 1 is 0.786 bits per heavy atom. The summed E-state index contributed by atoms with van der Waals surface area (Å²) in [4.78, 5) is 10.6. The molecule has 42 heavy (non-hydrogen) atoms. The van der Waals surface area contributed by atoms with Crippen LogP contribution in [0.2, 0.25) is 0 Å². The van der Waals surface area contributed by atoms with Crippen molar-refractivity contribution >= 4 is 18.0 Å². The van der Waals surface area contributed by atoms with Gasteiger partial charge >= 0.3 is 0 Å². The Labute approximate surface area is 259 Å². The van der Waals surface area contributed by atoms with Crippen LogP contribution in [-0.4, -0.2) is 74.6 Å². The maximum atomic E-state index is 12.9. The van der Waals surface area contributed by atoms with E-state index in [4.69, 9.17) is 23.7 Å². The Morgan fingerprint density at radius 3 is 1.93 bits per heavy atom. The lowest BCUT2D eigenvalue weighted by Gasteiger charge is -2.50. The van der Waals surface area contributed by atoms with Crippen LogP contribution in [0.4, 0.5) is 0 Å². The third kappa shape index (κ3) is 10.8. The average Bonchev–Trinajstić information content (AvgIpc) is 2.98. The molecule has 1 aromatic rings. The molecule has 0 radical (unpaired) electrons. The van der Waals surface area contributed by atoms with Crippen LogP contribution in [0.25, 0.3) is 0 Å². The van der Waals surface area contributed by atoms with Crippen molar-refractivity contribution in [3.8, 4) is 5.75 Å². The van der Waals surface area contributed by atoms with Gasteiger partial charge in [0.1, 0.15) is 30.3 Å². The maximum Gasteiger partial charge on any atom is 0.168 e. The second-order valence-corrected chi connectivity index (χ2v) is 12.8. The van der Waals surface area contributed by atoms with Gasteiger partial charge in [-0.1, -0.05) is 66.7 Å². The Morgan fingerprint density at radius 2 is 1.33 bits per heavy atom. The summed E-state index contributed by atoms with van der Waals surface area (Å²) in [5.41, 5.74) is 1.88. The molecule has 0 bridgehead atoms. The summed E-state index contributed by atoms with van der Waals surface area (Å²) in [5, 5.41) is 12.7. The smallest absolute Gasteiger partial charge is 0.168 e. The summed E-state index contributed by atoms with van der Waals surface area (Å²) in [6.07, 6.45) is 8.83. The Balaban J connectivity index is 2.68. The highest BCUT2D eigenvalue weighted by atomic mass is 32.2. The van der Waals surface area contributed by atoms with E-state index in [2.05, 4.69) is 34.6 Å². The monoisotopic (exact) mass is 610 g/mol. The predicted octanol–water partition coefficient (Wildman–Crippen LogP) is 7.62. The van der Waals surface area contributed by atoms with Gasteiger partial charge in [-0.2, -0.15) is 0 Å². The lowest BCUT2D eigenvalue weighted by Crippen LogP contribution is -2.61. The zero-order valence-electron chi connectivity index (χ0n) is 27.2. The van der Waals surface area contributed by atoms with E-state index in [0.717, 1.165) is 76.1 Å². The molecule has 0 amide bonds. The molecule has 0 spiro atoms. The number of aliphatic hydroxyl groups is 1. The molecule has 7 nitrogen and oxygen atoms in total. The van der Waals surface area contributed by atoms with Gasteiger partial charge in [0.25, 0.3) is 0 Å². The zero-order chi connectivity index (χ0) is 30.8. The number of aldehydes is 1. The topological polar surface area (TPSA) is 83.5 Å². The van der Waals surface area contributed by atoms with E-state index in [0.29, 0.717) is 56.5 Å². The number of rotatable bonds is 23. The van der Waals surface area contributed by atoms with Crippen molar-refractivity contribution in [2.24, 2.45) is 0 Å². The second-order valence-electron chi connectivity index (χ2n) is 11.3. The first-order valence-electron chi connectivity index (χ1n) is 16.5. The summed E-state index contributed by atoms with van der Waals surface area (Å²) in [5.74, 6) is 0.578. The van der Waals surface area contributed by atoms with Crippen molar-refractivity contribution in [2.75, 3.05) is 39.6 Å². The summed E-state index contributed by atoms with van der Waals surface area (Å²) >= 11 is 1.40. The number of thioether (sulfide) groups is 1. The van der Waals surface area contributed by atoms with Crippen LogP contribution in [0.3, 0.4) is 0 Å². The number of unbranched alkanes of at least 4 members (excludes halogenated alkanes) is 5. The minimum atomic E-state index is -1.55. The molecule has 5 atom stereocenters. The van der Waals surface area contributed by atoms with Crippen molar-refractivity contribution in [3.05, 3.63) is 28.8 Å². The number of aryl methyl sites for hydroxylation is 1. The fourth-order valence-corrected chi connectivity index (χ4v) is 6.60. The molecule has 1 aliphatic heterocycles. The van der Waals surface area contributed by atoms with Gasteiger partial charge in [0, 0.05) is 37.6 Å². The van der Waals surface area contributed by atoms with Crippen molar-refractivity contribution in [3.63, 3.8) is 0 Å². The third-order valence-electron chi connectivity index (χ3n) is 7.68. The lowest BCUT2D eigenvalue weighted by atomic mass is 9.91. The van der Waals surface area contributed by atoms with Gasteiger partial charge in [-0.05, 0) is 56.7 Å². The van der Waals surface area contributed by atoms with Crippen molar-refractivity contribution in [2.45, 2.75) is 134 Å². The standard InChI is InChI=1S/C34H58O7S/c1-7-12-17-37-25-30-31(39-19-14-9-3)32(40-20-15-10-4)33(41-21-16-11-5)34(36,42-30)28-23-27(24-35)26(6)22-29(28)38-18-13-8-2/h22-24,30-33,36H,7-21,25H2,1-6H3/t30-,31-,32?,33-,34?/m1/s1. The fraction of sp³-hybridized carbons (Fsp3) is 0.794. The normalized spacial score (nSPS) is 24.2. The molecule has 1 saturated heterocycles. The van der Waals surface area contributed by atoms with E-state index in [1.165, 1.54) is 11.8 Å². The van der Waals surface area contributed by atoms with Crippen LogP contribution in [0.1, 0.15) is 120 Å². The average molecular weight is 611 g/mol. The number of benzene rings is 1. The van der Waals surface area contributed by atoms with Gasteiger partial charge in [0.15, 0.2) is 4.93 Å². The second kappa shape index (κ2) is 20.7. The quantitative estimate of drug-likeness (QED) is 0.100. The first-order valence-corrected chi connectivity index (χ1v) is 17.3. The van der Waals surface area contributed by atoms with E-state index in [1.54, 1.807) is 6.07 Å². The molecule has 2 unspecified atom stereocenters. The Kier molecular flexibility index (Phi) is 18.3. The summed E-state index contributed by atoms with van der Waals surface area (Å²) in [6.45, 7) is 15.8. The molecule has 0 saturated carbocycles. The van der Waals surface area contributed by atoms with Crippen LogP contribution in [-0.2, 0) is 23.9 Å². The van der Waals surface area contributed by atoms with Gasteiger partial charge in [-0.15, -0.1) is 11.8 Å². The molecule has 1 fully saturated rings. The van der Waals surface area contributed by atoms with E-state index in [-0.39, 0.29) is 11.4 Å². The van der Waals surface area contributed by atoms with Gasteiger partial charge in [-0.3, -0.25) is 4.79 Å². The van der Waals surface area contributed by atoms with Crippen LogP contribution in [0.15, 0.2) is 12.1 Å². The van der Waals surface area contributed by atoms with Gasteiger partial charge in [-0.25, -0.2) is 0 Å². The highest BCUT2D eigenvalue weighted by Crippen LogP contribution is 2.52. The summed E-state index contributed by atoms with van der Waals surface area (Å²) < 4.78 is 32.2. The highest BCUT2D eigenvalue weighted by molar-refractivity contribution is 8.00. The van der Waals surface area contributed by atoms with E-state index < -0.39 is 17.1 Å². The van der Waals surface area contributed by atoms with E-state index >= 15 is 0 Å². The Bertz CT molecular complexity index is 882. The van der Waals surface area contributed by atoms with E-state index in [1.807, 2.05) is 13.0 Å². The van der Waals surface area contributed by atoms with Gasteiger partial charge in [0.2, 0.25) is 0 Å². The van der Waals surface area contributed by atoms with Gasteiger partial charge in [0.05, 0.1) is 18.5 Å². The third-order valence-corrected chi connectivity index (χ3v) is 9.20. The number of carbonyl (C=O) groups is 1. The van der Waals surface area contributed by atoms with Gasteiger partial charge < -0.3 is 28.8 Å². The SMILES string of the molecule is CCCCOC[C@H]1SC(O)(c2cc(C=O)c(C)cc2OCCCC)[C@H](OCCCC)C(OCCCC)[C@@H]1OCCCC. The van der Waals surface area contributed by atoms with E-state index in [9.17, 15) is 9.90 Å². The summed E-state index contributed by atoms with van der Waals surface area (Å²) in [7, 11) is 0. The van der Waals surface area contributed by atoms with Crippen LogP contribution in [0.5, 0.6) is 5.75 Å². The molecular formula is C34H58O7S. The van der Waals surface area contributed by atoms with Crippen LogP contribution >= 0.6 is 11.8 Å². The predicted molar refractivity (Wildman–Crippen MR) is 172 cm³/mol. The molecule has 8 heteroatoms. The molecule has 2 rings (SSSR count). The molecule has 0 aromatic heterocycles. The molecule has 242 valence electrons. The molecule has 1 heterocycles. The van der Waals surface area contributed by atoms with Crippen LogP contribution < -0.4 is 4.74 Å². The molecule has 0 aliphatic carbocycles.